The van der Waals surface area contributed by atoms with Gasteiger partial charge < -0.3 is 10.4 Å². The lowest BCUT2D eigenvalue weighted by Crippen LogP contribution is -2.17. The fourth-order valence-electron chi connectivity index (χ4n) is 1.35. The molecule has 0 spiro atoms. The van der Waals surface area contributed by atoms with Gasteiger partial charge >= 0.3 is 5.97 Å². The van der Waals surface area contributed by atoms with Gasteiger partial charge in [-0.05, 0) is 53.3 Å². The summed E-state index contributed by atoms with van der Waals surface area (Å²) in [5, 5.41) is 11.6. The van der Waals surface area contributed by atoms with Gasteiger partial charge in [-0.1, -0.05) is 6.92 Å². The normalized spacial score (nSPS) is 11.9. The van der Waals surface area contributed by atoms with Crippen molar-refractivity contribution < 1.29 is 14.7 Å². The number of carboxylic acid groups (broad SMARTS) is 1. The standard InChI is InChI=1S/C13H16INO3S/c1-8-5-10(14)3-4-11(8)15-12(16)7-19-6-9(2)13(17)18/h3-5,9H,6-7H2,1-2H3,(H,15,16)(H,17,18). The molecule has 104 valence electrons. The van der Waals surface area contributed by atoms with Crippen molar-refractivity contribution in [3.05, 3.63) is 27.3 Å². The van der Waals surface area contributed by atoms with Crippen molar-refractivity contribution >= 4 is 51.9 Å². The molecule has 1 rings (SSSR count). The molecule has 1 aromatic carbocycles. The molecule has 0 heterocycles. The summed E-state index contributed by atoms with van der Waals surface area (Å²) >= 11 is 3.55. The zero-order valence-corrected chi connectivity index (χ0v) is 13.7. The second-order valence-electron chi connectivity index (χ2n) is 4.26. The van der Waals surface area contributed by atoms with Crippen molar-refractivity contribution in [1.82, 2.24) is 0 Å². The summed E-state index contributed by atoms with van der Waals surface area (Å²) in [4.78, 5) is 22.3. The van der Waals surface area contributed by atoms with Gasteiger partial charge in [0.15, 0.2) is 0 Å². The number of hydrogen-bond acceptors (Lipinski definition) is 3. The average Bonchev–Trinajstić information content (AvgIpc) is 2.32. The Kier molecular flexibility index (Phi) is 6.64. The number of carbonyl (C=O) groups excluding carboxylic acids is 1. The summed E-state index contributed by atoms with van der Waals surface area (Å²) in [7, 11) is 0. The van der Waals surface area contributed by atoms with Crippen molar-refractivity contribution in [3.8, 4) is 0 Å². The van der Waals surface area contributed by atoms with Crippen LogP contribution < -0.4 is 5.32 Å². The van der Waals surface area contributed by atoms with Crippen molar-refractivity contribution in [2.75, 3.05) is 16.8 Å². The molecular weight excluding hydrogens is 377 g/mol. The van der Waals surface area contributed by atoms with Crippen LogP contribution in [0.15, 0.2) is 18.2 Å². The Morgan fingerprint density at radius 3 is 2.74 bits per heavy atom. The highest BCUT2D eigenvalue weighted by atomic mass is 127. The number of amides is 1. The van der Waals surface area contributed by atoms with Crippen LogP contribution in [0.5, 0.6) is 0 Å². The van der Waals surface area contributed by atoms with Crippen molar-refractivity contribution in [2.45, 2.75) is 13.8 Å². The first kappa shape index (κ1) is 16.3. The Morgan fingerprint density at radius 2 is 2.16 bits per heavy atom. The molecule has 6 heteroatoms. The fourth-order valence-corrected chi connectivity index (χ4v) is 2.87. The van der Waals surface area contributed by atoms with Crippen molar-refractivity contribution in [3.63, 3.8) is 0 Å². The summed E-state index contributed by atoms with van der Waals surface area (Å²) in [5.41, 5.74) is 1.82. The molecule has 0 saturated heterocycles. The minimum Gasteiger partial charge on any atom is -0.481 e. The summed E-state index contributed by atoms with van der Waals surface area (Å²) in [6, 6.07) is 5.80. The van der Waals surface area contributed by atoms with E-state index in [0.717, 1.165) is 14.8 Å². The first-order chi connectivity index (χ1) is 8.90. The Bertz CT molecular complexity index is 479. The van der Waals surface area contributed by atoms with E-state index in [1.807, 2.05) is 25.1 Å². The second kappa shape index (κ2) is 7.74. The monoisotopic (exact) mass is 393 g/mol. The van der Waals surface area contributed by atoms with Crippen molar-refractivity contribution in [2.24, 2.45) is 5.92 Å². The van der Waals surface area contributed by atoms with E-state index in [1.165, 1.54) is 11.8 Å². The highest BCUT2D eigenvalue weighted by Crippen LogP contribution is 2.18. The molecule has 1 atom stereocenters. The first-order valence-corrected chi connectivity index (χ1v) is 8.00. The highest BCUT2D eigenvalue weighted by Gasteiger charge is 2.12. The average molecular weight is 393 g/mol. The van der Waals surface area contributed by atoms with E-state index < -0.39 is 11.9 Å². The Labute approximate surface area is 130 Å². The lowest BCUT2D eigenvalue weighted by molar-refractivity contribution is -0.140. The molecule has 2 N–H and O–H groups in total. The molecule has 4 nitrogen and oxygen atoms in total. The van der Waals surface area contributed by atoms with Crippen LogP contribution in [0.4, 0.5) is 5.69 Å². The number of benzene rings is 1. The van der Waals surface area contributed by atoms with E-state index in [4.69, 9.17) is 5.11 Å². The molecule has 0 radical (unpaired) electrons. The number of nitrogens with one attached hydrogen (secondary N) is 1. The van der Waals surface area contributed by atoms with Crippen LogP contribution in [-0.4, -0.2) is 28.5 Å². The SMILES string of the molecule is Cc1cc(I)ccc1NC(=O)CSCC(C)C(=O)O. The minimum atomic E-state index is -0.832. The minimum absolute atomic E-state index is 0.105. The number of carbonyl (C=O) groups is 2. The van der Waals surface area contributed by atoms with Crippen LogP contribution in [0.2, 0.25) is 0 Å². The van der Waals surface area contributed by atoms with Gasteiger partial charge in [-0.25, -0.2) is 0 Å². The van der Waals surface area contributed by atoms with E-state index in [2.05, 4.69) is 27.9 Å². The van der Waals surface area contributed by atoms with Crippen LogP contribution in [0.1, 0.15) is 12.5 Å². The van der Waals surface area contributed by atoms with Gasteiger partial charge in [-0.2, -0.15) is 11.8 Å². The van der Waals surface area contributed by atoms with Crippen LogP contribution in [-0.2, 0) is 9.59 Å². The largest absolute Gasteiger partial charge is 0.481 e. The zero-order valence-electron chi connectivity index (χ0n) is 10.8. The van der Waals surface area contributed by atoms with Gasteiger partial charge in [-0.15, -0.1) is 0 Å². The first-order valence-electron chi connectivity index (χ1n) is 5.76. The van der Waals surface area contributed by atoms with E-state index in [0.29, 0.717) is 5.75 Å². The van der Waals surface area contributed by atoms with E-state index in [1.54, 1.807) is 6.92 Å². The van der Waals surface area contributed by atoms with Gasteiger partial charge in [0, 0.05) is 15.0 Å². The number of hydrogen-bond donors (Lipinski definition) is 2. The predicted molar refractivity (Wildman–Crippen MR) is 86.7 cm³/mol. The third-order valence-corrected chi connectivity index (χ3v) is 4.36. The number of carboxylic acids is 1. The predicted octanol–water partition coefficient (Wildman–Crippen LogP) is 2.99. The Balaban J connectivity index is 2.41. The van der Waals surface area contributed by atoms with E-state index in [9.17, 15) is 9.59 Å². The van der Waals surface area contributed by atoms with Gasteiger partial charge in [0.25, 0.3) is 0 Å². The number of halogens is 1. The molecule has 0 aliphatic heterocycles. The molecule has 0 aliphatic carbocycles. The number of aliphatic carboxylic acids is 1. The summed E-state index contributed by atoms with van der Waals surface area (Å²) in [5.74, 6) is -0.664. The van der Waals surface area contributed by atoms with Crippen LogP contribution in [0.3, 0.4) is 0 Å². The molecule has 1 amide bonds. The highest BCUT2D eigenvalue weighted by molar-refractivity contribution is 14.1. The third kappa shape index (κ3) is 5.82. The van der Waals surface area contributed by atoms with E-state index >= 15 is 0 Å². The number of anilines is 1. The van der Waals surface area contributed by atoms with Crippen LogP contribution in [0.25, 0.3) is 0 Å². The topological polar surface area (TPSA) is 66.4 Å². The fraction of sp³-hybridized carbons (Fsp3) is 0.385. The summed E-state index contributed by atoms with van der Waals surface area (Å²) in [6.07, 6.45) is 0. The third-order valence-electron chi connectivity index (χ3n) is 2.49. The quantitative estimate of drug-likeness (QED) is 0.730. The maximum atomic E-state index is 11.7. The molecule has 0 saturated carbocycles. The lowest BCUT2D eigenvalue weighted by atomic mass is 10.2. The maximum Gasteiger partial charge on any atom is 0.307 e. The molecule has 0 aliphatic rings. The molecule has 0 aromatic heterocycles. The molecule has 0 fully saturated rings. The smallest absolute Gasteiger partial charge is 0.307 e. The van der Waals surface area contributed by atoms with Crippen LogP contribution >= 0.6 is 34.4 Å². The molecule has 1 unspecified atom stereocenters. The van der Waals surface area contributed by atoms with Gasteiger partial charge in [0.2, 0.25) is 5.91 Å². The van der Waals surface area contributed by atoms with Gasteiger partial charge in [-0.3, -0.25) is 9.59 Å². The number of aryl methyl sites for hydroxylation is 1. The van der Waals surface area contributed by atoms with E-state index in [-0.39, 0.29) is 11.7 Å². The number of rotatable bonds is 6. The maximum absolute atomic E-state index is 11.7. The zero-order chi connectivity index (χ0) is 14.4. The second-order valence-corrected chi connectivity index (χ2v) is 6.54. The molecule has 1 aromatic rings. The Morgan fingerprint density at radius 1 is 1.47 bits per heavy atom. The van der Waals surface area contributed by atoms with Crippen molar-refractivity contribution in [1.29, 1.82) is 0 Å². The number of thioether (sulfide) groups is 1. The summed E-state index contributed by atoms with van der Waals surface area (Å²) in [6.45, 7) is 3.58. The lowest BCUT2D eigenvalue weighted by Gasteiger charge is -2.09. The Hall–Kier alpha value is -0.760. The summed E-state index contributed by atoms with van der Waals surface area (Å²) < 4.78 is 1.12. The molecule has 0 bridgehead atoms. The van der Waals surface area contributed by atoms with Gasteiger partial charge in [0.05, 0.1) is 11.7 Å². The molecular formula is C13H16INO3S. The van der Waals surface area contributed by atoms with Crippen LogP contribution in [0, 0.1) is 16.4 Å². The van der Waals surface area contributed by atoms with Gasteiger partial charge in [0.1, 0.15) is 0 Å². The molecule has 19 heavy (non-hydrogen) atoms.